The van der Waals surface area contributed by atoms with Crippen LogP contribution in [0.15, 0.2) is 18.2 Å². The van der Waals surface area contributed by atoms with Crippen LogP contribution in [-0.2, 0) is 9.59 Å². The zero-order valence-electron chi connectivity index (χ0n) is 15.0. The van der Waals surface area contributed by atoms with Crippen LogP contribution in [0.4, 0.5) is 5.69 Å². The Kier molecular flexibility index (Phi) is 6.52. The first-order valence-corrected chi connectivity index (χ1v) is 8.44. The Bertz CT molecular complexity index is 658. The number of carbonyl (C=O) groups excluding carboxylic acids is 3. The summed E-state index contributed by atoms with van der Waals surface area (Å²) in [6.07, 6.45) is 1.21. The molecule has 1 aromatic rings. The molecule has 0 spiro atoms. The SMILES string of the molecule is CCC(=O)c1ccc2c(c1)N(CC(=O)NCCCN(C)C)C(=O)CO2. The molecule has 0 aliphatic carbocycles. The highest BCUT2D eigenvalue weighted by Gasteiger charge is 2.28. The third kappa shape index (κ3) is 5.03. The second-order valence-corrected chi connectivity index (χ2v) is 6.23. The van der Waals surface area contributed by atoms with E-state index in [0.29, 0.717) is 30.0 Å². The molecule has 0 saturated heterocycles. The van der Waals surface area contributed by atoms with Gasteiger partial charge in [-0.15, -0.1) is 0 Å². The average molecular weight is 347 g/mol. The fourth-order valence-corrected chi connectivity index (χ4v) is 2.58. The molecule has 0 fully saturated rings. The van der Waals surface area contributed by atoms with Gasteiger partial charge < -0.3 is 15.0 Å². The summed E-state index contributed by atoms with van der Waals surface area (Å²) in [5.74, 6) is -0.0363. The number of rotatable bonds is 8. The fourth-order valence-electron chi connectivity index (χ4n) is 2.58. The second-order valence-electron chi connectivity index (χ2n) is 6.23. The van der Waals surface area contributed by atoms with Crippen molar-refractivity contribution >= 4 is 23.3 Å². The minimum Gasteiger partial charge on any atom is -0.482 e. The van der Waals surface area contributed by atoms with Crippen molar-refractivity contribution in [1.82, 2.24) is 10.2 Å². The van der Waals surface area contributed by atoms with Crippen LogP contribution in [0.2, 0.25) is 0 Å². The monoisotopic (exact) mass is 347 g/mol. The Morgan fingerprint density at radius 2 is 2.08 bits per heavy atom. The number of hydrogen-bond acceptors (Lipinski definition) is 5. The minimum absolute atomic E-state index is 0.0195. The molecule has 2 rings (SSSR count). The first-order valence-electron chi connectivity index (χ1n) is 8.44. The highest BCUT2D eigenvalue weighted by molar-refractivity contribution is 6.04. The van der Waals surface area contributed by atoms with Crippen LogP contribution >= 0.6 is 0 Å². The molecule has 1 aromatic carbocycles. The maximum absolute atomic E-state index is 12.2. The van der Waals surface area contributed by atoms with Gasteiger partial charge in [0.15, 0.2) is 12.4 Å². The molecule has 1 aliphatic rings. The molecule has 0 bridgehead atoms. The van der Waals surface area contributed by atoms with E-state index < -0.39 is 0 Å². The molecule has 1 N–H and O–H groups in total. The van der Waals surface area contributed by atoms with Crippen molar-refractivity contribution in [3.8, 4) is 5.75 Å². The average Bonchev–Trinajstić information content (AvgIpc) is 2.60. The summed E-state index contributed by atoms with van der Waals surface area (Å²) in [5, 5.41) is 2.82. The standard InChI is InChI=1S/C18H25N3O4/c1-4-15(22)13-6-7-16-14(10-13)21(18(24)12-25-16)11-17(23)19-8-5-9-20(2)3/h6-7,10H,4-5,8-9,11-12H2,1-3H3,(H,19,23). The van der Waals surface area contributed by atoms with Crippen LogP contribution in [0.5, 0.6) is 5.75 Å². The maximum Gasteiger partial charge on any atom is 0.265 e. The van der Waals surface area contributed by atoms with E-state index in [1.165, 1.54) is 4.90 Å². The summed E-state index contributed by atoms with van der Waals surface area (Å²) in [7, 11) is 3.95. The van der Waals surface area contributed by atoms with Crippen LogP contribution in [0.25, 0.3) is 0 Å². The van der Waals surface area contributed by atoms with E-state index in [1.54, 1.807) is 25.1 Å². The zero-order valence-corrected chi connectivity index (χ0v) is 15.0. The van der Waals surface area contributed by atoms with Crippen molar-refractivity contribution in [3.63, 3.8) is 0 Å². The minimum atomic E-state index is -0.294. The van der Waals surface area contributed by atoms with Gasteiger partial charge in [0.2, 0.25) is 5.91 Å². The van der Waals surface area contributed by atoms with Gasteiger partial charge in [-0.3, -0.25) is 19.3 Å². The van der Waals surface area contributed by atoms with Gasteiger partial charge in [0.25, 0.3) is 5.91 Å². The first-order chi connectivity index (χ1) is 11.9. The third-order valence-electron chi connectivity index (χ3n) is 3.95. The van der Waals surface area contributed by atoms with E-state index in [4.69, 9.17) is 4.74 Å². The Hall–Kier alpha value is -2.41. The summed E-state index contributed by atoms with van der Waals surface area (Å²) in [6, 6.07) is 4.98. The van der Waals surface area contributed by atoms with Gasteiger partial charge in [0.05, 0.1) is 5.69 Å². The third-order valence-corrected chi connectivity index (χ3v) is 3.95. The Morgan fingerprint density at radius 3 is 2.76 bits per heavy atom. The van der Waals surface area contributed by atoms with Crippen LogP contribution in [0, 0.1) is 0 Å². The number of nitrogens with one attached hydrogen (secondary N) is 1. The van der Waals surface area contributed by atoms with Crippen molar-refractivity contribution in [2.24, 2.45) is 0 Å². The molecule has 0 atom stereocenters. The topological polar surface area (TPSA) is 79.0 Å². The highest BCUT2D eigenvalue weighted by atomic mass is 16.5. The first kappa shape index (κ1) is 18.9. The zero-order chi connectivity index (χ0) is 18.4. The molecule has 25 heavy (non-hydrogen) atoms. The number of ketones is 1. The second kappa shape index (κ2) is 8.62. The molecule has 7 nitrogen and oxygen atoms in total. The number of nitrogens with zero attached hydrogens (tertiary/aromatic N) is 2. The lowest BCUT2D eigenvalue weighted by Gasteiger charge is -2.29. The molecule has 0 unspecified atom stereocenters. The molecule has 7 heteroatoms. The number of anilines is 1. The molecule has 2 amide bonds. The smallest absolute Gasteiger partial charge is 0.265 e. The highest BCUT2D eigenvalue weighted by Crippen LogP contribution is 2.33. The fraction of sp³-hybridized carbons (Fsp3) is 0.500. The van der Waals surface area contributed by atoms with Gasteiger partial charge in [-0.2, -0.15) is 0 Å². The number of amides is 2. The molecule has 1 heterocycles. The number of hydrogen-bond donors (Lipinski definition) is 1. The van der Waals surface area contributed by atoms with Crippen LogP contribution in [-0.4, -0.2) is 62.8 Å². The van der Waals surface area contributed by atoms with Crippen molar-refractivity contribution in [3.05, 3.63) is 23.8 Å². The summed E-state index contributed by atoms with van der Waals surface area (Å²) in [5.41, 5.74) is 0.981. The largest absolute Gasteiger partial charge is 0.482 e. The number of fused-ring (bicyclic) bond motifs is 1. The molecule has 0 saturated carbocycles. The summed E-state index contributed by atoms with van der Waals surface area (Å²) in [4.78, 5) is 39.7. The van der Waals surface area contributed by atoms with E-state index in [2.05, 4.69) is 5.32 Å². The summed E-state index contributed by atoms with van der Waals surface area (Å²) in [6.45, 7) is 3.02. The van der Waals surface area contributed by atoms with E-state index in [9.17, 15) is 14.4 Å². The van der Waals surface area contributed by atoms with Crippen LogP contribution in [0.1, 0.15) is 30.1 Å². The van der Waals surface area contributed by atoms with Gasteiger partial charge in [-0.05, 0) is 45.3 Å². The van der Waals surface area contributed by atoms with Gasteiger partial charge in [0, 0.05) is 18.5 Å². The summed E-state index contributed by atoms with van der Waals surface area (Å²) >= 11 is 0. The lowest BCUT2D eigenvalue weighted by Crippen LogP contribution is -2.45. The van der Waals surface area contributed by atoms with Crippen LogP contribution < -0.4 is 15.0 Å². The number of benzene rings is 1. The van der Waals surface area contributed by atoms with E-state index >= 15 is 0 Å². The van der Waals surface area contributed by atoms with Crippen molar-refractivity contribution < 1.29 is 19.1 Å². The van der Waals surface area contributed by atoms with Crippen molar-refractivity contribution in [1.29, 1.82) is 0 Å². The van der Waals surface area contributed by atoms with E-state index in [1.807, 2.05) is 19.0 Å². The van der Waals surface area contributed by atoms with Crippen molar-refractivity contribution in [2.45, 2.75) is 19.8 Å². The predicted molar refractivity (Wildman–Crippen MR) is 95.1 cm³/mol. The molecular formula is C18H25N3O4. The maximum atomic E-state index is 12.2. The van der Waals surface area contributed by atoms with Gasteiger partial charge >= 0.3 is 0 Å². The quantitative estimate of drug-likeness (QED) is 0.562. The molecule has 0 radical (unpaired) electrons. The van der Waals surface area contributed by atoms with Crippen LogP contribution in [0.3, 0.4) is 0 Å². The van der Waals surface area contributed by atoms with E-state index in [0.717, 1.165) is 13.0 Å². The Labute approximate surface area is 147 Å². The Morgan fingerprint density at radius 1 is 1.32 bits per heavy atom. The number of ether oxygens (including phenoxy) is 1. The number of carbonyl (C=O) groups is 3. The molecule has 0 aromatic heterocycles. The normalized spacial score (nSPS) is 13.4. The summed E-state index contributed by atoms with van der Waals surface area (Å²) < 4.78 is 5.40. The molecule has 1 aliphatic heterocycles. The molecular weight excluding hydrogens is 322 g/mol. The van der Waals surface area contributed by atoms with Crippen molar-refractivity contribution in [2.75, 3.05) is 45.2 Å². The van der Waals surface area contributed by atoms with Gasteiger partial charge in [-0.1, -0.05) is 6.92 Å². The number of Topliss-reactive ketones (excluding diaryl/α,β-unsaturated/α-hetero) is 1. The lowest BCUT2D eigenvalue weighted by molar-refractivity contribution is -0.125. The molecule has 136 valence electrons. The predicted octanol–water partition coefficient (Wildman–Crippen LogP) is 1.07. The van der Waals surface area contributed by atoms with Gasteiger partial charge in [0.1, 0.15) is 12.3 Å². The lowest BCUT2D eigenvalue weighted by atomic mass is 10.1. The Balaban J connectivity index is 2.07. The van der Waals surface area contributed by atoms with Gasteiger partial charge in [-0.25, -0.2) is 0 Å². The van der Waals surface area contributed by atoms with E-state index in [-0.39, 0.29) is 30.7 Å².